The van der Waals surface area contributed by atoms with Crippen LogP contribution in [0.1, 0.15) is 32.8 Å². The van der Waals surface area contributed by atoms with Gasteiger partial charge in [0.2, 0.25) is 5.91 Å². The highest BCUT2D eigenvalue weighted by Crippen LogP contribution is 2.24. The van der Waals surface area contributed by atoms with E-state index in [0.29, 0.717) is 6.42 Å². The Bertz CT molecular complexity index is 532. The number of aliphatic hydroxyl groups is 1. The van der Waals surface area contributed by atoms with Gasteiger partial charge in [-0.3, -0.25) is 9.69 Å². The van der Waals surface area contributed by atoms with E-state index in [0.717, 1.165) is 45.0 Å². The maximum atomic E-state index is 12.2. The lowest BCUT2D eigenvalue weighted by molar-refractivity contribution is -0.116. The molecule has 1 fully saturated rings. The Hall–Kier alpha value is -1.43. The first kappa shape index (κ1) is 18.9. The van der Waals surface area contributed by atoms with Crippen LogP contribution in [-0.2, 0) is 10.2 Å². The minimum atomic E-state index is 0.0684. The molecule has 1 aromatic rings. The molecule has 2 rings (SSSR count). The van der Waals surface area contributed by atoms with Gasteiger partial charge in [-0.15, -0.1) is 0 Å². The molecule has 0 bridgehead atoms. The molecular formula is C19H31N3O2. The Balaban J connectivity index is 1.76. The average molecular weight is 333 g/mol. The molecule has 1 aromatic carbocycles. The van der Waals surface area contributed by atoms with Crippen molar-refractivity contribution in [1.29, 1.82) is 0 Å². The Morgan fingerprint density at radius 1 is 1.12 bits per heavy atom. The molecule has 1 heterocycles. The number of piperazine rings is 1. The highest BCUT2D eigenvalue weighted by molar-refractivity contribution is 5.90. The minimum Gasteiger partial charge on any atom is -0.395 e. The molecule has 5 heteroatoms. The van der Waals surface area contributed by atoms with Crippen LogP contribution in [0.3, 0.4) is 0 Å². The molecule has 0 unspecified atom stereocenters. The van der Waals surface area contributed by atoms with Crippen LogP contribution >= 0.6 is 0 Å². The standard InChI is InChI=1S/C19H31N3O2/c1-19(2,3)16-5-4-6-17(15-16)20-18(24)7-8-21-9-11-22(12-10-21)13-14-23/h4-6,15,23H,7-14H2,1-3H3,(H,20,24). The number of anilines is 1. The second-order valence-electron chi connectivity index (χ2n) is 7.54. The van der Waals surface area contributed by atoms with Crippen molar-refractivity contribution in [3.8, 4) is 0 Å². The second-order valence-corrected chi connectivity index (χ2v) is 7.54. The first-order chi connectivity index (χ1) is 11.4. The SMILES string of the molecule is CC(C)(C)c1cccc(NC(=O)CCN2CCN(CCO)CC2)c1. The summed E-state index contributed by atoms with van der Waals surface area (Å²) in [7, 11) is 0. The molecule has 134 valence electrons. The zero-order valence-electron chi connectivity index (χ0n) is 15.2. The summed E-state index contributed by atoms with van der Waals surface area (Å²) in [5.74, 6) is 0.0684. The van der Waals surface area contributed by atoms with Crippen LogP contribution in [0, 0.1) is 0 Å². The Labute approximate surface area is 145 Å². The molecule has 1 aliphatic rings. The molecule has 0 aliphatic carbocycles. The third-order valence-corrected chi connectivity index (χ3v) is 4.55. The number of carbonyl (C=O) groups is 1. The fourth-order valence-corrected chi connectivity index (χ4v) is 2.92. The molecule has 0 saturated carbocycles. The van der Waals surface area contributed by atoms with Gasteiger partial charge in [-0.05, 0) is 23.1 Å². The van der Waals surface area contributed by atoms with Crippen molar-refractivity contribution < 1.29 is 9.90 Å². The van der Waals surface area contributed by atoms with E-state index in [1.54, 1.807) is 0 Å². The summed E-state index contributed by atoms with van der Waals surface area (Å²) in [4.78, 5) is 16.8. The molecular weight excluding hydrogens is 302 g/mol. The van der Waals surface area contributed by atoms with Crippen LogP contribution < -0.4 is 5.32 Å². The maximum absolute atomic E-state index is 12.2. The molecule has 0 radical (unpaired) electrons. The molecule has 0 aromatic heterocycles. The smallest absolute Gasteiger partial charge is 0.225 e. The van der Waals surface area contributed by atoms with Crippen LogP contribution in [0.15, 0.2) is 24.3 Å². The molecule has 0 atom stereocenters. The van der Waals surface area contributed by atoms with Gasteiger partial charge in [-0.25, -0.2) is 0 Å². The molecule has 0 spiro atoms. The van der Waals surface area contributed by atoms with Gasteiger partial charge in [0.25, 0.3) is 0 Å². The van der Waals surface area contributed by atoms with Crippen molar-refractivity contribution in [2.45, 2.75) is 32.6 Å². The van der Waals surface area contributed by atoms with Gasteiger partial charge in [0, 0.05) is 51.4 Å². The van der Waals surface area contributed by atoms with Crippen LogP contribution in [-0.4, -0.2) is 66.7 Å². The van der Waals surface area contributed by atoms with Crippen molar-refractivity contribution in [2.75, 3.05) is 51.2 Å². The zero-order chi connectivity index (χ0) is 17.6. The number of rotatable bonds is 6. The quantitative estimate of drug-likeness (QED) is 0.835. The molecule has 1 saturated heterocycles. The number of β-amino-alcohol motifs (C(OH)–C–C–N with tert-alkyl or cyclic N) is 1. The van der Waals surface area contributed by atoms with E-state index in [1.165, 1.54) is 5.56 Å². The normalized spacial score (nSPS) is 17.0. The first-order valence-corrected chi connectivity index (χ1v) is 8.84. The predicted molar refractivity (Wildman–Crippen MR) is 98.4 cm³/mol. The Morgan fingerprint density at radius 2 is 1.75 bits per heavy atom. The van der Waals surface area contributed by atoms with Crippen molar-refractivity contribution in [1.82, 2.24) is 9.80 Å². The van der Waals surface area contributed by atoms with E-state index in [4.69, 9.17) is 5.11 Å². The topological polar surface area (TPSA) is 55.8 Å². The van der Waals surface area contributed by atoms with Crippen LogP contribution in [0.25, 0.3) is 0 Å². The van der Waals surface area contributed by atoms with Crippen molar-refractivity contribution in [2.24, 2.45) is 0 Å². The van der Waals surface area contributed by atoms with Crippen molar-refractivity contribution in [3.05, 3.63) is 29.8 Å². The predicted octanol–water partition coefficient (Wildman–Crippen LogP) is 1.92. The number of nitrogens with one attached hydrogen (secondary N) is 1. The Morgan fingerprint density at radius 3 is 2.33 bits per heavy atom. The molecule has 5 nitrogen and oxygen atoms in total. The van der Waals surface area contributed by atoms with Gasteiger partial charge >= 0.3 is 0 Å². The molecule has 1 amide bonds. The number of nitrogens with zero attached hydrogens (tertiary/aromatic N) is 2. The fraction of sp³-hybridized carbons (Fsp3) is 0.632. The van der Waals surface area contributed by atoms with Gasteiger partial charge in [0.05, 0.1) is 6.61 Å². The first-order valence-electron chi connectivity index (χ1n) is 8.84. The van der Waals surface area contributed by atoms with E-state index in [1.807, 2.05) is 12.1 Å². The van der Waals surface area contributed by atoms with Gasteiger partial charge < -0.3 is 15.3 Å². The maximum Gasteiger partial charge on any atom is 0.225 e. The highest BCUT2D eigenvalue weighted by Gasteiger charge is 2.17. The van der Waals surface area contributed by atoms with Gasteiger partial charge in [0.15, 0.2) is 0 Å². The number of hydrogen-bond donors (Lipinski definition) is 2. The van der Waals surface area contributed by atoms with Crippen molar-refractivity contribution >= 4 is 11.6 Å². The van der Waals surface area contributed by atoms with Gasteiger partial charge in [0.1, 0.15) is 0 Å². The minimum absolute atomic E-state index is 0.0684. The highest BCUT2D eigenvalue weighted by atomic mass is 16.3. The summed E-state index contributed by atoms with van der Waals surface area (Å²) in [6, 6.07) is 8.10. The molecule has 2 N–H and O–H groups in total. The van der Waals surface area contributed by atoms with Crippen molar-refractivity contribution in [3.63, 3.8) is 0 Å². The van der Waals surface area contributed by atoms with E-state index < -0.39 is 0 Å². The van der Waals surface area contributed by atoms with Crippen LogP contribution in [0.4, 0.5) is 5.69 Å². The summed E-state index contributed by atoms with van der Waals surface area (Å²) in [5, 5.41) is 12.0. The summed E-state index contributed by atoms with van der Waals surface area (Å²) in [6.07, 6.45) is 0.514. The fourth-order valence-electron chi connectivity index (χ4n) is 2.92. The lowest BCUT2D eigenvalue weighted by atomic mass is 9.87. The number of amides is 1. The number of aliphatic hydroxyl groups excluding tert-OH is 1. The summed E-state index contributed by atoms with van der Waals surface area (Å²) in [6.45, 7) is 12.1. The number of benzene rings is 1. The number of hydrogen-bond acceptors (Lipinski definition) is 4. The van der Waals surface area contributed by atoms with E-state index in [-0.39, 0.29) is 17.9 Å². The van der Waals surface area contributed by atoms with E-state index >= 15 is 0 Å². The lowest BCUT2D eigenvalue weighted by Crippen LogP contribution is -2.47. The average Bonchev–Trinajstić information content (AvgIpc) is 2.54. The van der Waals surface area contributed by atoms with Gasteiger partial charge in [-0.2, -0.15) is 0 Å². The molecule has 1 aliphatic heterocycles. The second kappa shape index (κ2) is 8.60. The summed E-state index contributed by atoms with van der Waals surface area (Å²) in [5.41, 5.74) is 2.18. The summed E-state index contributed by atoms with van der Waals surface area (Å²) >= 11 is 0. The van der Waals surface area contributed by atoms with E-state index in [2.05, 4.69) is 48.0 Å². The zero-order valence-corrected chi connectivity index (χ0v) is 15.2. The third-order valence-electron chi connectivity index (χ3n) is 4.55. The largest absolute Gasteiger partial charge is 0.395 e. The molecule has 24 heavy (non-hydrogen) atoms. The van der Waals surface area contributed by atoms with Gasteiger partial charge in [-0.1, -0.05) is 32.9 Å². The Kier molecular flexibility index (Phi) is 6.78. The van der Waals surface area contributed by atoms with Crippen LogP contribution in [0.5, 0.6) is 0 Å². The third kappa shape index (κ3) is 5.89. The van der Waals surface area contributed by atoms with E-state index in [9.17, 15) is 4.79 Å². The van der Waals surface area contributed by atoms with Crippen LogP contribution in [0.2, 0.25) is 0 Å². The monoisotopic (exact) mass is 333 g/mol. The summed E-state index contributed by atoms with van der Waals surface area (Å²) < 4.78 is 0. The lowest BCUT2D eigenvalue weighted by Gasteiger charge is -2.34. The number of carbonyl (C=O) groups excluding carboxylic acids is 1.